The molecule has 0 saturated carbocycles. The first-order valence-electron chi connectivity index (χ1n) is 4.10. The van der Waals surface area contributed by atoms with Crippen molar-refractivity contribution >= 4 is 0 Å². The number of nitrogens with zero attached hydrogens (tertiary/aromatic N) is 2. The summed E-state index contributed by atoms with van der Waals surface area (Å²) < 4.78 is 0. The highest BCUT2D eigenvalue weighted by Crippen LogP contribution is 2.19. The minimum absolute atomic E-state index is 0.777. The van der Waals surface area contributed by atoms with Gasteiger partial charge in [-0.05, 0) is 19.4 Å². The van der Waals surface area contributed by atoms with Gasteiger partial charge in [-0.3, -0.25) is 10.7 Å². The molecular formula is C7H15N3. The van der Waals surface area contributed by atoms with Crippen LogP contribution in [-0.4, -0.2) is 42.1 Å². The number of rotatable bonds is 0. The molecule has 0 bridgehead atoms. The van der Waals surface area contributed by atoms with Gasteiger partial charge in [-0.25, -0.2) is 5.01 Å². The molecule has 0 aliphatic carbocycles. The average Bonchev–Trinajstić information content (AvgIpc) is 2.33. The maximum atomic E-state index is 5.70. The fourth-order valence-electron chi connectivity index (χ4n) is 2.02. The lowest BCUT2D eigenvalue weighted by molar-refractivity contribution is 0.105. The van der Waals surface area contributed by atoms with Gasteiger partial charge in [0.25, 0.3) is 0 Å². The summed E-state index contributed by atoms with van der Waals surface area (Å²) in [5, 5.41) is 1.95. The number of piperazine rings is 1. The maximum absolute atomic E-state index is 5.70. The summed E-state index contributed by atoms with van der Waals surface area (Å²) in [5.74, 6) is 5.70. The first kappa shape index (κ1) is 6.58. The van der Waals surface area contributed by atoms with Crippen molar-refractivity contribution < 1.29 is 0 Å². The highest BCUT2D eigenvalue weighted by atomic mass is 15.4. The summed E-state index contributed by atoms with van der Waals surface area (Å²) in [6.07, 6.45) is 2.73. The summed E-state index contributed by atoms with van der Waals surface area (Å²) in [5.41, 5.74) is 0. The second kappa shape index (κ2) is 2.49. The molecule has 0 aromatic carbocycles. The molecule has 2 aliphatic heterocycles. The Kier molecular flexibility index (Phi) is 1.64. The van der Waals surface area contributed by atoms with Crippen LogP contribution < -0.4 is 5.84 Å². The van der Waals surface area contributed by atoms with E-state index in [0.717, 1.165) is 19.1 Å². The molecular weight excluding hydrogens is 126 g/mol. The Hall–Kier alpha value is -0.120. The van der Waals surface area contributed by atoms with E-state index >= 15 is 0 Å². The number of fused-ring (bicyclic) bond motifs is 1. The molecule has 3 heteroatoms. The molecule has 2 fully saturated rings. The van der Waals surface area contributed by atoms with Crippen LogP contribution in [0, 0.1) is 0 Å². The monoisotopic (exact) mass is 141 g/mol. The Morgan fingerprint density at radius 1 is 1.20 bits per heavy atom. The van der Waals surface area contributed by atoms with Crippen LogP contribution in [0.5, 0.6) is 0 Å². The van der Waals surface area contributed by atoms with Crippen molar-refractivity contribution in [2.75, 3.05) is 26.2 Å². The largest absolute Gasteiger partial charge is 0.298 e. The van der Waals surface area contributed by atoms with E-state index in [1.807, 2.05) is 5.01 Å². The van der Waals surface area contributed by atoms with E-state index in [2.05, 4.69) is 4.90 Å². The zero-order valence-corrected chi connectivity index (χ0v) is 6.29. The minimum atomic E-state index is 0.777. The van der Waals surface area contributed by atoms with Crippen LogP contribution in [0.4, 0.5) is 0 Å². The van der Waals surface area contributed by atoms with Crippen molar-refractivity contribution in [1.82, 2.24) is 9.91 Å². The second-order valence-corrected chi connectivity index (χ2v) is 3.33. The lowest BCUT2D eigenvalue weighted by Gasteiger charge is -2.34. The Labute approximate surface area is 61.7 Å². The molecule has 10 heavy (non-hydrogen) atoms. The van der Waals surface area contributed by atoms with Gasteiger partial charge in [0.1, 0.15) is 0 Å². The van der Waals surface area contributed by atoms with Gasteiger partial charge in [0, 0.05) is 25.7 Å². The standard InChI is InChI=1S/C7H15N3/c8-10-5-4-9-3-1-2-7(9)6-10/h7H,1-6,8H2. The summed E-state index contributed by atoms with van der Waals surface area (Å²) in [4.78, 5) is 2.56. The third-order valence-electron chi connectivity index (χ3n) is 2.62. The van der Waals surface area contributed by atoms with E-state index in [4.69, 9.17) is 5.84 Å². The quantitative estimate of drug-likeness (QED) is 0.468. The van der Waals surface area contributed by atoms with Crippen LogP contribution in [-0.2, 0) is 0 Å². The molecule has 2 saturated heterocycles. The SMILES string of the molecule is NN1CCN2CCCC2C1. The zero-order valence-electron chi connectivity index (χ0n) is 6.29. The molecule has 0 spiro atoms. The maximum Gasteiger partial charge on any atom is 0.0285 e. The Morgan fingerprint density at radius 2 is 2.10 bits per heavy atom. The first-order valence-corrected chi connectivity index (χ1v) is 4.10. The van der Waals surface area contributed by atoms with Gasteiger partial charge >= 0.3 is 0 Å². The molecule has 3 nitrogen and oxygen atoms in total. The van der Waals surface area contributed by atoms with Crippen molar-refractivity contribution in [3.8, 4) is 0 Å². The van der Waals surface area contributed by atoms with Crippen LogP contribution in [0.15, 0.2) is 0 Å². The van der Waals surface area contributed by atoms with Gasteiger partial charge < -0.3 is 0 Å². The van der Waals surface area contributed by atoms with Crippen molar-refractivity contribution in [1.29, 1.82) is 0 Å². The zero-order chi connectivity index (χ0) is 6.97. The fraction of sp³-hybridized carbons (Fsp3) is 1.00. The molecule has 0 radical (unpaired) electrons. The molecule has 2 N–H and O–H groups in total. The number of nitrogens with two attached hydrogens (primary N) is 1. The van der Waals surface area contributed by atoms with Crippen LogP contribution in [0.2, 0.25) is 0 Å². The summed E-state index contributed by atoms with van der Waals surface area (Å²) in [6.45, 7) is 4.62. The molecule has 0 aromatic rings. The molecule has 2 rings (SSSR count). The smallest absolute Gasteiger partial charge is 0.0285 e. The average molecular weight is 141 g/mol. The van der Waals surface area contributed by atoms with E-state index in [9.17, 15) is 0 Å². The Bertz CT molecular complexity index is 126. The van der Waals surface area contributed by atoms with E-state index in [-0.39, 0.29) is 0 Å². The lowest BCUT2D eigenvalue weighted by Crippen LogP contribution is -2.52. The number of hydrogen-bond donors (Lipinski definition) is 1. The van der Waals surface area contributed by atoms with Gasteiger partial charge in [0.15, 0.2) is 0 Å². The Morgan fingerprint density at radius 3 is 3.00 bits per heavy atom. The molecule has 2 heterocycles. The van der Waals surface area contributed by atoms with Crippen molar-refractivity contribution in [2.45, 2.75) is 18.9 Å². The van der Waals surface area contributed by atoms with Crippen LogP contribution in [0.3, 0.4) is 0 Å². The van der Waals surface area contributed by atoms with Crippen molar-refractivity contribution in [3.63, 3.8) is 0 Å². The lowest BCUT2D eigenvalue weighted by atomic mass is 10.2. The van der Waals surface area contributed by atoms with Crippen LogP contribution in [0.1, 0.15) is 12.8 Å². The summed E-state index contributed by atoms with van der Waals surface area (Å²) >= 11 is 0. The third kappa shape index (κ3) is 1.05. The van der Waals surface area contributed by atoms with Crippen LogP contribution >= 0.6 is 0 Å². The molecule has 2 aliphatic rings. The third-order valence-corrected chi connectivity index (χ3v) is 2.62. The minimum Gasteiger partial charge on any atom is -0.298 e. The molecule has 1 unspecified atom stereocenters. The summed E-state index contributed by atoms with van der Waals surface area (Å²) in [6, 6.07) is 0.777. The number of hydrogen-bond acceptors (Lipinski definition) is 3. The van der Waals surface area contributed by atoms with Gasteiger partial charge in [-0.1, -0.05) is 0 Å². The Balaban J connectivity index is 1.96. The second-order valence-electron chi connectivity index (χ2n) is 3.33. The van der Waals surface area contributed by atoms with Gasteiger partial charge in [0.2, 0.25) is 0 Å². The van der Waals surface area contributed by atoms with E-state index in [1.165, 1.54) is 25.9 Å². The summed E-state index contributed by atoms with van der Waals surface area (Å²) in [7, 11) is 0. The van der Waals surface area contributed by atoms with Gasteiger partial charge in [0.05, 0.1) is 0 Å². The van der Waals surface area contributed by atoms with Crippen molar-refractivity contribution in [2.24, 2.45) is 5.84 Å². The highest BCUT2D eigenvalue weighted by Gasteiger charge is 2.28. The predicted octanol–water partition coefficient (Wildman–Crippen LogP) is -0.360. The number of hydrazine groups is 1. The first-order chi connectivity index (χ1) is 4.86. The highest BCUT2D eigenvalue weighted by molar-refractivity contribution is 4.84. The topological polar surface area (TPSA) is 32.5 Å². The van der Waals surface area contributed by atoms with E-state index in [1.54, 1.807) is 0 Å². The normalized spacial score (nSPS) is 36.3. The van der Waals surface area contributed by atoms with E-state index < -0.39 is 0 Å². The molecule has 0 amide bonds. The van der Waals surface area contributed by atoms with E-state index in [0.29, 0.717) is 0 Å². The molecule has 0 aromatic heterocycles. The molecule has 58 valence electrons. The van der Waals surface area contributed by atoms with Crippen molar-refractivity contribution in [3.05, 3.63) is 0 Å². The predicted molar refractivity (Wildman–Crippen MR) is 40.4 cm³/mol. The molecule has 1 atom stereocenters. The fourth-order valence-corrected chi connectivity index (χ4v) is 2.02. The van der Waals surface area contributed by atoms with Gasteiger partial charge in [-0.2, -0.15) is 0 Å². The van der Waals surface area contributed by atoms with Crippen LogP contribution in [0.25, 0.3) is 0 Å². The van der Waals surface area contributed by atoms with Gasteiger partial charge in [-0.15, -0.1) is 0 Å².